The van der Waals surface area contributed by atoms with E-state index in [2.05, 4.69) is 0 Å². The van der Waals surface area contributed by atoms with Gasteiger partial charge in [-0.1, -0.05) is 0 Å². The van der Waals surface area contributed by atoms with E-state index in [0.29, 0.717) is 6.42 Å². The summed E-state index contributed by atoms with van der Waals surface area (Å²) < 4.78 is 0. The third kappa shape index (κ3) is 6.25. The average Bonchev–Trinajstić information content (AvgIpc) is 1.21. The molecule has 0 saturated heterocycles. The fourth-order valence-corrected chi connectivity index (χ4v) is 1.07. The van der Waals surface area contributed by atoms with Gasteiger partial charge in [-0.25, -0.2) is 0 Å². The minimum Gasteiger partial charge on any atom is -0.390 e. The summed E-state index contributed by atoms with van der Waals surface area (Å²) in [5, 5.41) is 9.17. The second-order valence-electron chi connectivity index (χ2n) is 2.80. The first-order valence-corrected chi connectivity index (χ1v) is 3.22. The predicted octanol–water partition coefficient (Wildman–Crippen LogP) is 1.77. The second kappa shape index (κ2) is 2.70. The lowest BCUT2D eigenvalue weighted by Gasteiger charge is -2.17. The van der Waals surface area contributed by atoms with E-state index in [9.17, 15) is 0 Å². The van der Waals surface area contributed by atoms with E-state index in [1.165, 1.54) is 0 Å². The molecule has 0 heterocycles. The Morgan fingerprint density at radius 3 is 2.00 bits per heavy atom. The lowest BCUT2D eigenvalue weighted by atomic mass is 10.0. The third-order valence-electron chi connectivity index (χ3n) is 0.781. The lowest BCUT2D eigenvalue weighted by Crippen LogP contribution is -2.21. The van der Waals surface area contributed by atoms with E-state index in [0.717, 1.165) is 0 Å². The first kappa shape index (κ1) is 8.25. The van der Waals surface area contributed by atoms with Gasteiger partial charge in [0.05, 0.1) is 5.60 Å². The van der Waals surface area contributed by atoms with Crippen molar-refractivity contribution in [3.63, 3.8) is 0 Å². The first-order valence-electron chi connectivity index (χ1n) is 2.78. The van der Waals surface area contributed by atoms with Crippen LogP contribution in [0.2, 0.25) is 0 Å². The van der Waals surface area contributed by atoms with Crippen LogP contribution in [0, 0.1) is 0 Å². The van der Waals surface area contributed by atoms with Gasteiger partial charge in [-0.2, -0.15) is 0 Å². The Morgan fingerprint density at radius 2 is 2.00 bits per heavy atom. The van der Waals surface area contributed by atoms with Crippen molar-refractivity contribution in [3.05, 3.63) is 0 Å². The van der Waals surface area contributed by atoms with Crippen molar-refractivity contribution >= 4 is 11.6 Å². The number of hydrogen-bond acceptors (Lipinski definition) is 1. The summed E-state index contributed by atoms with van der Waals surface area (Å²) in [5.74, 6) is 0. The zero-order valence-electron chi connectivity index (χ0n) is 5.61. The highest BCUT2D eigenvalue weighted by molar-refractivity contribution is 6.20. The number of halogens is 1. The van der Waals surface area contributed by atoms with Gasteiger partial charge in [0, 0.05) is 5.38 Å². The topological polar surface area (TPSA) is 20.2 Å². The SMILES string of the molecule is CC(Cl)CC(C)(C)O. The lowest BCUT2D eigenvalue weighted by molar-refractivity contribution is 0.0713. The van der Waals surface area contributed by atoms with Gasteiger partial charge in [-0.05, 0) is 27.2 Å². The molecule has 0 aromatic rings. The van der Waals surface area contributed by atoms with Gasteiger partial charge < -0.3 is 5.11 Å². The number of alkyl halides is 1. The molecule has 0 aliphatic rings. The standard InChI is InChI=1S/C6H13ClO/c1-5(7)4-6(2,3)8/h5,8H,4H2,1-3H3. The van der Waals surface area contributed by atoms with Gasteiger partial charge in [0.1, 0.15) is 0 Å². The van der Waals surface area contributed by atoms with Crippen LogP contribution in [0.4, 0.5) is 0 Å². The van der Waals surface area contributed by atoms with Crippen molar-refractivity contribution < 1.29 is 5.11 Å². The van der Waals surface area contributed by atoms with E-state index >= 15 is 0 Å². The Morgan fingerprint density at radius 1 is 1.62 bits per heavy atom. The Labute approximate surface area is 55.7 Å². The molecule has 0 aromatic heterocycles. The monoisotopic (exact) mass is 136 g/mol. The van der Waals surface area contributed by atoms with E-state index in [1.54, 1.807) is 13.8 Å². The van der Waals surface area contributed by atoms with Crippen LogP contribution in [-0.2, 0) is 0 Å². The molecule has 0 spiro atoms. The summed E-state index contributed by atoms with van der Waals surface area (Å²) in [6.45, 7) is 5.39. The van der Waals surface area contributed by atoms with Crippen molar-refractivity contribution in [1.29, 1.82) is 0 Å². The highest BCUT2D eigenvalue weighted by Gasteiger charge is 2.14. The molecule has 0 aliphatic carbocycles. The third-order valence-corrected chi connectivity index (χ3v) is 0.935. The highest BCUT2D eigenvalue weighted by atomic mass is 35.5. The van der Waals surface area contributed by atoms with Crippen LogP contribution in [0.25, 0.3) is 0 Å². The van der Waals surface area contributed by atoms with Crippen LogP contribution in [0.3, 0.4) is 0 Å². The number of aliphatic hydroxyl groups is 1. The second-order valence-corrected chi connectivity index (χ2v) is 3.54. The summed E-state index contributed by atoms with van der Waals surface area (Å²) >= 11 is 5.60. The van der Waals surface area contributed by atoms with Gasteiger partial charge in [-0.3, -0.25) is 0 Å². The molecule has 8 heavy (non-hydrogen) atoms. The first-order chi connectivity index (χ1) is 3.42. The molecule has 1 unspecified atom stereocenters. The molecule has 0 rings (SSSR count). The van der Waals surface area contributed by atoms with Crippen LogP contribution in [0.15, 0.2) is 0 Å². The van der Waals surface area contributed by atoms with Crippen molar-refractivity contribution in [2.75, 3.05) is 0 Å². The Kier molecular flexibility index (Phi) is 2.78. The van der Waals surface area contributed by atoms with Gasteiger partial charge in [-0.15, -0.1) is 11.6 Å². The molecule has 50 valence electrons. The Balaban J connectivity index is 3.39. The van der Waals surface area contributed by atoms with Crippen LogP contribution >= 0.6 is 11.6 Å². The van der Waals surface area contributed by atoms with Crippen molar-refractivity contribution in [1.82, 2.24) is 0 Å². The predicted molar refractivity (Wildman–Crippen MR) is 36.2 cm³/mol. The smallest absolute Gasteiger partial charge is 0.0605 e. The molecule has 0 radical (unpaired) electrons. The molecular weight excluding hydrogens is 124 g/mol. The Bertz CT molecular complexity index is 63.4. The molecule has 0 aromatic carbocycles. The molecule has 1 nitrogen and oxygen atoms in total. The molecule has 0 bridgehead atoms. The van der Waals surface area contributed by atoms with Gasteiger partial charge in [0.15, 0.2) is 0 Å². The van der Waals surface area contributed by atoms with Crippen LogP contribution in [0.5, 0.6) is 0 Å². The maximum absolute atomic E-state index is 9.10. The number of hydrogen-bond donors (Lipinski definition) is 1. The largest absolute Gasteiger partial charge is 0.390 e. The summed E-state index contributed by atoms with van der Waals surface area (Å²) in [6, 6.07) is 0. The van der Waals surface area contributed by atoms with E-state index in [-0.39, 0.29) is 5.38 Å². The summed E-state index contributed by atoms with van der Waals surface area (Å²) in [4.78, 5) is 0. The molecule has 1 atom stereocenters. The van der Waals surface area contributed by atoms with Crippen LogP contribution in [0.1, 0.15) is 27.2 Å². The fourth-order valence-electron chi connectivity index (χ4n) is 0.688. The maximum atomic E-state index is 9.10. The van der Waals surface area contributed by atoms with Crippen molar-refractivity contribution in [2.24, 2.45) is 0 Å². The minimum atomic E-state index is -0.610. The summed E-state index contributed by atoms with van der Waals surface area (Å²) in [7, 11) is 0. The average molecular weight is 137 g/mol. The molecule has 0 amide bonds. The Hall–Kier alpha value is 0.250. The molecule has 2 heteroatoms. The summed E-state index contributed by atoms with van der Waals surface area (Å²) in [5.41, 5.74) is -0.610. The zero-order valence-corrected chi connectivity index (χ0v) is 6.37. The zero-order chi connectivity index (χ0) is 6.78. The molecule has 0 saturated carbocycles. The fraction of sp³-hybridized carbons (Fsp3) is 1.00. The normalized spacial score (nSPS) is 16.1. The summed E-state index contributed by atoms with van der Waals surface area (Å²) in [6.07, 6.45) is 0.647. The van der Waals surface area contributed by atoms with Crippen LogP contribution < -0.4 is 0 Å². The quantitative estimate of drug-likeness (QED) is 0.574. The van der Waals surface area contributed by atoms with E-state index < -0.39 is 5.60 Å². The van der Waals surface area contributed by atoms with Crippen molar-refractivity contribution in [3.8, 4) is 0 Å². The maximum Gasteiger partial charge on any atom is 0.0605 e. The van der Waals surface area contributed by atoms with Gasteiger partial charge >= 0.3 is 0 Å². The molecular formula is C6H13ClO. The molecule has 0 fully saturated rings. The van der Waals surface area contributed by atoms with Gasteiger partial charge in [0.25, 0.3) is 0 Å². The van der Waals surface area contributed by atoms with Gasteiger partial charge in [0.2, 0.25) is 0 Å². The van der Waals surface area contributed by atoms with E-state index in [4.69, 9.17) is 16.7 Å². The highest BCUT2D eigenvalue weighted by Crippen LogP contribution is 2.13. The van der Waals surface area contributed by atoms with Crippen LogP contribution in [-0.4, -0.2) is 16.1 Å². The molecule has 1 N–H and O–H groups in total. The number of rotatable bonds is 2. The van der Waals surface area contributed by atoms with E-state index in [1.807, 2.05) is 6.92 Å². The minimum absolute atomic E-state index is 0.0648. The van der Waals surface area contributed by atoms with Crippen molar-refractivity contribution in [2.45, 2.75) is 38.2 Å². The molecule has 0 aliphatic heterocycles.